The zero-order valence-corrected chi connectivity index (χ0v) is 10.2. The van der Waals surface area contributed by atoms with Crippen LogP contribution in [-0.2, 0) is 14.3 Å². The minimum atomic E-state index is -0.937. The molecule has 0 bridgehead atoms. The summed E-state index contributed by atoms with van der Waals surface area (Å²) in [7, 11) is 1.52. The van der Waals surface area contributed by atoms with Crippen molar-refractivity contribution in [3.63, 3.8) is 0 Å². The number of methoxy groups -OCH3 is 1. The average molecular weight is 245 g/mol. The summed E-state index contributed by atoms with van der Waals surface area (Å²) >= 11 is 0. The van der Waals surface area contributed by atoms with Gasteiger partial charge in [0.25, 0.3) is 0 Å². The first-order valence-corrected chi connectivity index (χ1v) is 5.73. The van der Waals surface area contributed by atoms with Gasteiger partial charge >= 0.3 is 12.1 Å². The van der Waals surface area contributed by atoms with Gasteiger partial charge in [0.05, 0.1) is 19.1 Å². The SMILES string of the molecule is CCOC(=O)C(COC)C1CCN(C(=O)O)C1. The molecule has 0 aromatic carbocycles. The third-order valence-corrected chi connectivity index (χ3v) is 3.00. The molecule has 0 saturated carbocycles. The zero-order chi connectivity index (χ0) is 12.8. The standard InChI is InChI=1S/C11H19NO5/c1-3-17-10(13)9(7-16-2)8-4-5-12(6-8)11(14)15/h8-9H,3-7H2,1-2H3,(H,14,15). The molecule has 1 saturated heterocycles. The highest BCUT2D eigenvalue weighted by molar-refractivity contribution is 5.73. The Hall–Kier alpha value is -1.30. The minimum Gasteiger partial charge on any atom is -0.466 e. The predicted molar refractivity (Wildman–Crippen MR) is 59.7 cm³/mol. The molecule has 0 aromatic heterocycles. The molecular weight excluding hydrogens is 226 g/mol. The molecule has 1 aliphatic heterocycles. The number of hydrogen-bond acceptors (Lipinski definition) is 4. The number of carbonyl (C=O) groups excluding carboxylic acids is 1. The lowest BCUT2D eigenvalue weighted by atomic mass is 9.92. The van der Waals surface area contributed by atoms with E-state index >= 15 is 0 Å². The third-order valence-electron chi connectivity index (χ3n) is 3.00. The van der Waals surface area contributed by atoms with E-state index in [1.165, 1.54) is 12.0 Å². The Balaban J connectivity index is 2.59. The van der Waals surface area contributed by atoms with Gasteiger partial charge in [0.15, 0.2) is 0 Å². The Kier molecular flexibility index (Phi) is 5.21. The predicted octanol–water partition coefficient (Wildman–Crippen LogP) is 0.812. The van der Waals surface area contributed by atoms with E-state index in [1.807, 2.05) is 0 Å². The van der Waals surface area contributed by atoms with Crippen molar-refractivity contribution in [1.82, 2.24) is 4.90 Å². The van der Waals surface area contributed by atoms with E-state index in [2.05, 4.69) is 0 Å². The van der Waals surface area contributed by atoms with Crippen LogP contribution in [0.1, 0.15) is 13.3 Å². The molecule has 1 amide bonds. The number of carboxylic acid groups (broad SMARTS) is 1. The quantitative estimate of drug-likeness (QED) is 0.725. The van der Waals surface area contributed by atoms with Crippen LogP contribution in [0.25, 0.3) is 0 Å². The van der Waals surface area contributed by atoms with Crippen molar-refractivity contribution in [2.24, 2.45) is 11.8 Å². The maximum absolute atomic E-state index is 11.7. The Morgan fingerprint density at radius 2 is 2.24 bits per heavy atom. The lowest BCUT2D eigenvalue weighted by Gasteiger charge is -2.20. The summed E-state index contributed by atoms with van der Waals surface area (Å²) < 4.78 is 9.99. The topological polar surface area (TPSA) is 76.1 Å². The average Bonchev–Trinajstić information content (AvgIpc) is 2.75. The first-order valence-electron chi connectivity index (χ1n) is 5.73. The molecule has 0 radical (unpaired) electrons. The molecule has 1 fully saturated rings. The number of nitrogens with zero attached hydrogens (tertiary/aromatic N) is 1. The molecule has 98 valence electrons. The molecule has 0 aliphatic carbocycles. The Morgan fingerprint density at radius 1 is 1.53 bits per heavy atom. The highest BCUT2D eigenvalue weighted by atomic mass is 16.5. The minimum absolute atomic E-state index is 0.00917. The fraction of sp³-hybridized carbons (Fsp3) is 0.818. The van der Waals surface area contributed by atoms with Gasteiger partial charge in [-0.15, -0.1) is 0 Å². The Bertz CT molecular complexity index is 281. The molecule has 0 aromatic rings. The van der Waals surface area contributed by atoms with Gasteiger partial charge in [0.1, 0.15) is 0 Å². The van der Waals surface area contributed by atoms with Crippen LogP contribution < -0.4 is 0 Å². The van der Waals surface area contributed by atoms with Crippen LogP contribution >= 0.6 is 0 Å². The summed E-state index contributed by atoms with van der Waals surface area (Å²) in [4.78, 5) is 23.9. The summed E-state index contributed by atoms with van der Waals surface area (Å²) in [6, 6.07) is 0. The van der Waals surface area contributed by atoms with Crippen LogP contribution in [0.4, 0.5) is 4.79 Å². The van der Waals surface area contributed by atoms with Crippen molar-refractivity contribution < 1.29 is 24.2 Å². The van der Waals surface area contributed by atoms with Crippen LogP contribution in [0.5, 0.6) is 0 Å². The smallest absolute Gasteiger partial charge is 0.407 e. The van der Waals surface area contributed by atoms with Crippen molar-refractivity contribution in [3.05, 3.63) is 0 Å². The molecule has 17 heavy (non-hydrogen) atoms. The lowest BCUT2D eigenvalue weighted by molar-refractivity contribution is -0.152. The lowest BCUT2D eigenvalue weighted by Crippen LogP contribution is -2.33. The zero-order valence-electron chi connectivity index (χ0n) is 10.2. The normalized spacial score (nSPS) is 21.3. The van der Waals surface area contributed by atoms with E-state index in [-0.39, 0.29) is 24.4 Å². The van der Waals surface area contributed by atoms with Crippen LogP contribution in [0.3, 0.4) is 0 Å². The summed E-state index contributed by atoms with van der Waals surface area (Å²) in [6.45, 7) is 3.20. The van der Waals surface area contributed by atoms with E-state index < -0.39 is 6.09 Å². The van der Waals surface area contributed by atoms with Gasteiger partial charge in [-0.2, -0.15) is 0 Å². The molecule has 1 aliphatic rings. The van der Waals surface area contributed by atoms with E-state index in [0.29, 0.717) is 26.1 Å². The third kappa shape index (κ3) is 3.59. The maximum atomic E-state index is 11.7. The van der Waals surface area contributed by atoms with Crippen LogP contribution in [-0.4, -0.2) is 55.5 Å². The van der Waals surface area contributed by atoms with Gasteiger partial charge in [-0.25, -0.2) is 4.79 Å². The monoisotopic (exact) mass is 245 g/mol. The van der Waals surface area contributed by atoms with Crippen LogP contribution in [0.15, 0.2) is 0 Å². The number of esters is 1. The molecular formula is C11H19NO5. The highest BCUT2D eigenvalue weighted by Crippen LogP contribution is 2.25. The second-order valence-corrected chi connectivity index (χ2v) is 4.09. The van der Waals surface area contributed by atoms with Gasteiger partial charge in [-0.1, -0.05) is 0 Å². The summed E-state index contributed by atoms with van der Waals surface area (Å²) in [5, 5.41) is 8.86. The van der Waals surface area contributed by atoms with E-state index in [4.69, 9.17) is 14.6 Å². The van der Waals surface area contributed by atoms with Gasteiger partial charge in [0, 0.05) is 20.2 Å². The molecule has 6 heteroatoms. The summed E-state index contributed by atoms with van der Waals surface area (Å²) in [5.74, 6) is -0.680. The molecule has 0 spiro atoms. The van der Waals surface area contributed by atoms with Gasteiger partial charge in [-0.05, 0) is 19.3 Å². The van der Waals surface area contributed by atoms with Crippen molar-refractivity contribution in [2.75, 3.05) is 33.4 Å². The number of ether oxygens (including phenoxy) is 2. The Morgan fingerprint density at radius 3 is 2.71 bits per heavy atom. The molecule has 1 N–H and O–H groups in total. The molecule has 2 atom stereocenters. The number of rotatable bonds is 5. The fourth-order valence-corrected chi connectivity index (χ4v) is 2.11. The molecule has 1 rings (SSSR count). The summed E-state index contributed by atoms with van der Waals surface area (Å²) in [5.41, 5.74) is 0. The number of hydrogen-bond donors (Lipinski definition) is 1. The molecule has 1 heterocycles. The molecule has 6 nitrogen and oxygen atoms in total. The first kappa shape index (κ1) is 13.8. The maximum Gasteiger partial charge on any atom is 0.407 e. The first-order chi connectivity index (χ1) is 8.10. The summed E-state index contributed by atoms with van der Waals surface area (Å²) in [6.07, 6.45) is -0.258. The van der Waals surface area contributed by atoms with Crippen LogP contribution in [0.2, 0.25) is 0 Å². The Labute approximate surface area is 100 Å². The van der Waals surface area contributed by atoms with Crippen molar-refractivity contribution in [3.8, 4) is 0 Å². The highest BCUT2D eigenvalue weighted by Gasteiger charge is 2.36. The van der Waals surface area contributed by atoms with E-state index in [1.54, 1.807) is 6.92 Å². The van der Waals surface area contributed by atoms with Gasteiger partial charge in [0.2, 0.25) is 0 Å². The number of carbonyl (C=O) groups is 2. The van der Waals surface area contributed by atoms with Crippen LogP contribution in [0, 0.1) is 11.8 Å². The number of amides is 1. The van der Waals surface area contributed by atoms with E-state index in [0.717, 1.165) is 0 Å². The second kappa shape index (κ2) is 6.44. The van der Waals surface area contributed by atoms with Gasteiger partial charge in [-0.3, -0.25) is 4.79 Å². The molecule has 2 unspecified atom stereocenters. The van der Waals surface area contributed by atoms with Crippen molar-refractivity contribution in [2.45, 2.75) is 13.3 Å². The van der Waals surface area contributed by atoms with Gasteiger partial charge < -0.3 is 19.5 Å². The number of likely N-dealkylation sites (tertiary alicyclic amines) is 1. The second-order valence-electron chi connectivity index (χ2n) is 4.09. The largest absolute Gasteiger partial charge is 0.466 e. The van der Waals surface area contributed by atoms with E-state index in [9.17, 15) is 9.59 Å². The van der Waals surface area contributed by atoms with Crippen molar-refractivity contribution in [1.29, 1.82) is 0 Å². The fourth-order valence-electron chi connectivity index (χ4n) is 2.11. The van der Waals surface area contributed by atoms with Crippen molar-refractivity contribution >= 4 is 12.1 Å².